The van der Waals surface area contributed by atoms with Crippen molar-refractivity contribution in [3.63, 3.8) is 0 Å². The molecule has 0 aromatic rings. The van der Waals surface area contributed by atoms with Gasteiger partial charge in [0.1, 0.15) is 0 Å². The summed E-state index contributed by atoms with van der Waals surface area (Å²) in [7, 11) is 0. The molecule has 0 unspecified atom stereocenters. The molecule has 0 aliphatic heterocycles. The van der Waals surface area contributed by atoms with E-state index < -0.39 is 46.5 Å². The van der Waals surface area contributed by atoms with Gasteiger partial charge in [-0.25, -0.2) is 0 Å². The third-order valence-electron chi connectivity index (χ3n) is 4.36. The molecule has 2 saturated carbocycles. The predicted octanol–water partition coefficient (Wildman–Crippen LogP) is 9.64. The SMILES string of the molecule is ClC1(Cl)C2C(C(Cl)(Cl)C(Cl)(Cl)C1(Cl)Cl)C(Cl)(Cl)C(Cl)(Cl)C(Cl)(Cl)C2(Cl)Cl. The van der Waals surface area contributed by atoms with Crippen molar-refractivity contribution in [1.29, 1.82) is 0 Å². The van der Waals surface area contributed by atoms with Crippen molar-refractivity contribution >= 4 is 186 Å². The van der Waals surface area contributed by atoms with Crippen LogP contribution in [0.15, 0.2) is 0 Å². The number of hydrogen-bond donors (Lipinski definition) is 0. The van der Waals surface area contributed by atoms with Gasteiger partial charge in [0.25, 0.3) is 0 Å². The second-order valence-corrected chi connectivity index (χ2v) is 16.6. The molecular weight excluding hydrogens is 687 g/mol. The lowest BCUT2D eigenvalue weighted by Gasteiger charge is -2.68. The lowest BCUT2D eigenvalue weighted by Crippen LogP contribution is -2.82. The van der Waals surface area contributed by atoms with Gasteiger partial charge in [-0.05, 0) is 0 Å². The Hall–Kier alpha value is 4.64. The van der Waals surface area contributed by atoms with Crippen LogP contribution in [0.5, 0.6) is 0 Å². The Bertz CT molecular complexity index is 509. The van der Waals surface area contributed by atoms with Crippen LogP contribution in [0, 0.1) is 11.8 Å². The summed E-state index contributed by atoms with van der Waals surface area (Å²) < 4.78 is -19.6. The molecule has 0 radical (unpaired) electrons. The molecule has 26 heavy (non-hydrogen) atoms. The molecule has 0 heterocycles. The molecule has 0 amide bonds. The molecule has 0 nitrogen and oxygen atoms in total. The van der Waals surface area contributed by atoms with Crippen molar-refractivity contribution in [1.82, 2.24) is 0 Å². The normalized spacial score (nSPS) is 39.7. The Morgan fingerprint density at radius 3 is 0.500 bits per heavy atom. The van der Waals surface area contributed by atoms with Gasteiger partial charge in [0.05, 0.1) is 0 Å². The molecule has 2 aliphatic rings. The first-order chi connectivity index (χ1) is 11.0. The molecule has 154 valence electrons. The Kier molecular flexibility index (Phi) is 7.31. The lowest BCUT2D eigenvalue weighted by molar-refractivity contribution is 0.103. The van der Waals surface area contributed by atoms with Crippen LogP contribution in [0.1, 0.15) is 0 Å². The number of fused-ring (bicyclic) bond motifs is 1. The molecule has 0 N–H and O–H groups in total. The van der Waals surface area contributed by atoms with E-state index in [0.29, 0.717) is 0 Å². The third kappa shape index (κ3) is 2.91. The highest BCUT2D eigenvalue weighted by Gasteiger charge is 2.90. The number of alkyl halides is 16. The maximum absolute atomic E-state index is 6.41. The average molecular weight is 689 g/mol. The molecule has 2 rings (SSSR count). The Morgan fingerprint density at radius 1 is 0.269 bits per heavy atom. The van der Waals surface area contributed by atoms with Crippen molar-refractivity contribution in [2.75, 3.05) is 0 Å². The highest BCUT2D eigenvalue weighted by Crippen LogP contribution is 2.82. The zero-order valence-electron chi connectivity index (χ0n) is 11.2. The highest BCUT2D eigenvalue weighted by molar-refractivity contribution is 6.78. The number of rotatable bonds is 0. The molecule has 16 heteroatoms. The van der Waals surface area contributed by atoms with Crippen LogP contribution in [-0.4, -0.2) is 34.7 Å². The van der Waals surface area contributed by atoms with E-state index in [1.807, 2.05) is 0 Å². The largest absolute Gasteiger partial charge is 0.186 e. The summed E-state index contributed by atoms with van der Waals surface area (Å²) in [5, 5.41) is 0. The summed E-state index contributed by atoms with van der Waals surface area (Å²) in [4.78, 5) is 0. The van der Waals surface area contributed by atoms with E-state index in [1.165, 1.54) is 0 Å². The summed E-state index contributed by atoms with van der Waals surface area (Å²) in [6.07, 6.45) is 0. The van der Waals surface area contributed by atoms with Crippen LogP contribution in [0.4, 0.5) is 0 Å². The van der Waals surface area contributed by atoms with E-state index in [2.05, 4.69) is 0 Å². The van der Waals surface area contributed by atoms with E-state index in [1.54, 1.807) is 0 Å². The van der Waals surface area contributed by atoms with Gasteiger partial charge in [-0.1, -0.05) is 186 Å². The Labute approximate surface area is 229 Å². The zero-order chi connectivity index (χ0) is 21.2. The molecule has 2 aliphatic carbocycles. The molecule has 0 saturated heterocycles. The van der Waals surface area contributed by atoms with Gasteiger partial charge in [0.2, 0.25) is 0 Å². The van der Waals surface area contributed by atoms with E-state index in [9.17, 15) is 0 Å². The van der Waals surface area contributed by atoms with Crippen LogP contribution >= 0.6 is 186 Å². The van der Waals surface area contributed by atoms with E-state index in [-0.39, 0.29) is 0 Å². The fourth-order valence-corrected chi connectivity index (χ4v) is 9.72. The minimum atomic E-state index is -2.49. The molecular formula is C10H2Cl16. The van der Waals surface area contributed by atoms with Gasteiger partial charge in [-0.3, -0.25) is 0 Å². The van der Waals surface area contributed by atoms with Gasteiger partial charge in [0, 0.05) is 11.8 Å². The Balaban J connectivity index is 2.99. The summed E-state index contributed by atoms with van der Waals surface area (Å²) in [6, 6.07) is 0. The fourth-order valence-electron chi connectivity index (χ4n) is 2.91. The van der Waals surface area contributed by atoms with Crippen molar-refractivity contribution in [3.8, 4) is 0 Å². The summed E-state index contributed by atoms with van der Waals surface area (Å²) in [5.41, 5.74) is 0. The van der Waals surface area contributed by atoms with Crippen molar-refractivity contribution < 1.29 is 0 Å². The minimum absolute atomic E-state index is 1.65. The summed E-state index contributed by atoms with van der Waals surface area (Å²) >= 11 is 101. The van der Waals surface area contributed by atoms with Crippen molar-refractivity contribution in [2.24, 2.45) is 11.8 Å². The van der Waals surface area contributed by atoms with Gasteiger partial charge >= 0.3 is 0 Å². The zero-order valence-corrected chi connectivity index (χ0v) is 23.3. The minimum Gasteiger partial charge on any atom is -0.0977 e. The van der Waals surface area contributed by atoms with Crippen LogP contribution in [0.2, 0.25) is 0 Å². The third-order valence-corrected chi connectivity index (χ3v) is 15.5. The first-order valence-electron chi connectivity index (χ1n) is 6.01. The standard InChI is InChI=1S/C10H2Cl16/c11-3(12)1-2(5(15,16)9(23,24)7(3,19)20)6(17,18)10(25,26)8(21,22)4(1,13)14/h1-2H. The van der Waals surface area contributed by atoms with Crippen LogP contribution in [0.3, 0.4) is 0 Å². The van der Waals surface area contributed by atoms with Crippen LogP contribution < -0.4 is 0 Å². The van der Waals surface area contributed by atoms with Crippen molar-refractivity contribution in [2.45, 2.75) is 34.7 Å². The number of hydrogen-bond acceptors (Lipinski definition) is 0. The second-order valence-electron chi connectivity index (χ2n) is 5.74. The molecule has 0 atom stereocenters. The predicted molar refractivity (Wildman–Crippen MR) is 122 cm³/mol. The maximum atomic E-state index is 6.41. The smallest absolute Gasteiger partial charge is 0.0977 e. The van der Waals surface area contributed by atoms with Gasteiger partial charge in [0.15, 0.2) is 34.7 Å². The first-order valence-corrected chi connectivity index (χ1v) is 12.1. The fraction of sp³-hybridized carbons (Fsp3) is 1.00. The highest BCUT2D eigenvalue weighted by atomic mass is 35.6. The lowest BCUT2D eigenvalue weighted by atomic mass is 9.66. The second kappa shape index (κ2) is 7.07. The van der Waals surface area contributed by atoms with E-state index in [4.69, 9.17) is 186 Å². The summed E-state index contributed by atoms with van der Waals surface area (Å²) in [5.74, 6) is -3.29. The topological polar surface area (TPSA) is 0 Å². The molecule has 0 spiro atoms. The van der Waals surface area contributed by atoms with Crippen LogP contribution in [-0.2, 0) is 0 Å². The molecule has 0 bridgehead atoms. The van der Waals surface area contributed by atoms with E-state index >= 15 is 0 Å². The first kappa shape index (κ1) is 26.9. The quantitative estimate of drug-likeness (QED) is 0.223. The molecule has 0 aromatic heterocycles. The van der Waals surface area contributed by atoms with Gasteiger partial charge in [-0.15, -0.1) is 0 Å². The molecule has 2 fully saturated rings. The van der Waals surface area contributed by atoms with Crippen LogP contribution in [0.25, 0.3) is 0 Å². The van der Waals surface area contributed by atoms with Gasteiger partial charge < -0.3 is 0 Å². The average Bonchev–Trinajstić information content (AvgIpc) is 2.39. The van der Waals surface area contributed by atoms with Crippen molar-refractivity contribution in [3.05, 3.63) is 0 Å². The number of halogens is 16. The monoisotopic (exact) mass is 682 g/mol. The molecule has 0 aromatic carbocycles. The maximum Gasteiger partial charge on any atom is 0.186 e. The summed E-state index contributed by atoms with van der Waals surface area (Å²) in [6.45, 7) is 0. The van der Waals surface area contributed by atoms with E-state index in [0.717, 1.165) is 0 Å². The Morgan fingerprint density at radius 2 is 0.385 bits per heavy atom. The van der Waals surface area contributed by atoms with Gasteiger partial charge in [-0.2, -0.15) is 0 Å².